The first-order chi connectivity index (χ1) is 9.63. The predicted molar refractivity (Wildman–Crippen MR) is 82.4 cm³/mol. The minimum Gasteiger partial charge on any atom is -0.385 e. The molecule has 1 amide bonds. The second-order valence-electron chi connectivity index (χ2n) is 5.10. The van der Waals surface area contributed by atoms with Crippen molar-refractivity contribution in [2.45, 2.75) is 32.5 Å². The van der Waals surface area contributed by atoms with E-state index in [0.717, 1.165) is 24.0 Å². The first-order valence-electron chi connectivity index (χ1n) is 6.90. The van der Waals surface area contributed by atoms with E-state index in [4.69, 9.17) is 4.74 Å². The normalized spacial score (nSPS) is 15.9. The topological polar surface area (TPSA) is 41.6 Å². The van der Waals surface area contributed by atoms with Crippen molar-refractivity contribution in [3.05, 3.63) is 33.8 Å². The lowest BCUT2D eigenvalue weighted by Crippen LogP contribution is -2.43. The van der Waals surface area contributed by atoms with Crippen LogP contribution in [-0.2, 0) is 22.6 Å². The Labute approximate surface area is 128 Å². The van der Waals surface area contributed by atoms with Crippen LogP contribution >= 0.6 is 15.9 Å². The van der Waals surface area contributed by atoms with E-state index in [1.54, 1.807) is 7.11 Å². The highest BCUT2D eigenvalue weighted by molar-refractivity contribution is 9.10. The molecule has 0 saturated heterocycles. The van der Waals surface area contributed by atoms with Crippen molar-refractivity contribution < 1.29 is 9.53 Å². The van der Waals surface area contributed by atoms with Gasteiger partial charge < -0.3 is 10.1 Å². The molecular formula is C15H21BrN2O2. The molecule has 1 aliphatic heterocycles. The number of benzene rings is 1. The summed E-state index contributed by atoms with van der Waals surface area (Å²) in [5.41, 5.74) is 2.60. The third-order valence-corrected chi connectivity index (χ3v) is 4.45. The molecule has 5 heteroatoms. The first kappa shape index (κ1) is 15.5. The lowest BCUT2D eigenvalue weighted by atomic mass is 10.1. The lowest BCUT2D eigenvalue weighted by Gasteiger charge is -2.22. The summed E-state index contributed by atoms with van der Waals surface area (Å²) < 4.78 is 6.10. The van der Waals surface area contributed by atoms with Gasteiger partial charge >= 0.3 is 0 Å². The van der Waals surface area contributed by atoms with E-state index in [1.807, 2.05) is 13.0 Å². The van der Waals surface area contributed by atoms with Crippen LogP contribution in [0.2, 0.25) is 0 Å². The molecule has 2 rings (SSSR count). The van der Waals surface area contributed by atoms with E-state index < -0.39 is 0 Å². The van der Waals surface area contributed by atoms with Gasteiger partial charge in [-0.25, -0.2) is 0 Å². The van der Waals surface area contributed by atoms with E-state index >= 15 is 0 Å². The molecule has 0 bridgehead atoms. The summed E-state index contributed by atoms with van der Waals surface area (Å²) in [6.07, 6.45) is 0.848. The summed E-state index contributed by atoms with van der Waals surface area (Å²) in [5, 5.41) is 2.96. The molecule has 1 aromatic carbocycles. The zero-order valence-electron chi connectivity index (χ0n) is 12.0. The molecule has 1 aromatic rings. The highest BCUT2D eigenvalue weighted by atomic mass is 79.9. The van der Waals surface area contributed by atoms with Crippen LogP contribution in [-0.4, -0.2) is 37.1 Å². The number of halogens is 1. The minimum absolute atomic E-state index is 0.0880. The number of fused-ring (bicyclic) bond motifs is 1. The molecule has 1 atom stereocenters. The monoisotopic (exact) mass is 340 g/mol. The van der Waals surface area contributed by atoms with Crippen LogP contribution < -0.4 is 5.32 Å². The number of rotatable bonds is 6. The Balaban J connectivity index is 1.87. The number of nitrogens with zero attached hydrogens (tertiary/aromatic N) is 1. The van der Waals surface area contributed by atoms with Gasteiger partial charge in [-0.3, -0.25) is 9.69 Å². The Hall–Kier alpha value is -0.910. The van der Waals surface area contributed by atoms with Crippen LogP contribution in [0.1, 0.15) is 24.5 Å². The molecule has 0 saturated carbocycles. The minimum atomic E-state index is -0.114. The maximum atomic E-state index is 12.1. The number of hydrogen-bond donors (Lipinski definition) is 1. The number of hydrogen-bond acceptors (Lipinski definition) is 3. The van der Waals surface area contributed by atoms with Crippen molar-refractivity contribution in [2.75, 3.05) is 20.3 Å². The SMILES string of the molecule is COCCCNC(=O)C(C)N1Cc2cccc(Br)c2C1. The van der Waals surface area contributed by atoms with Crippen molar-refractivity contribution in [2.24, 2.45) is 0 Å². The zero-order valence-corrected chi connectivity index (χ0v) is 13.6. The van der Waals surface area contributed by atoms with Crippen molar-refractivity contribution in [1.29, 1.82) is 0 Å². The molecule has 0 fully saturated rings. The zero-order chi connectivity index (χ0) is 14.5. The Morgan fingerprint density at radius 2 is 2.30 bits per heavy atom. The van der Waals surface area contributed by atoms with Gasteiger partial charge in [-0.05, 0) is 30.5 Å². The molecule has 1 unspecified atom stereocenters. The van der Waals surface area contributed by atoms with E-state index in [2.05, 4.69) is 38.3 Å². The van der Waals surface area contributed by atoms with Gasteiger partial charge in [0.1, 0.15) is 0 Å². The van der Waals surface area contributed by atoms with Crippen molar-refractivity contribution in [3.63, 3.8) is 0 Å². The average molecular weight is 341 g/mol. The Kier molecular flexibility index (Phi) is 5.57. The van der Waals surface area contributed by atoms with Crippen LogP contribution in [0.4, 0.5) is 0 Å². The van der Waals surface area contributed by atoms with E-state index in [-0.39, 0.29) is 11.9 Å². The quantitative estimate of drug-likeness (QED) is 0.808. The van der Waals surface area contributed by atoms with Gasteiger partial charge in [-0.1, -0.05) is 28.1 Å². The Morgan fingerprint density at radius 3 is 3.00 bits per heavy atom. The summed E-state index contributed by atoms with van der Waals surface area (Å²) in [6, 6.07) is 6.11. The molecule has 1 heterocycles. The van der Waals surface area contributed by atoms with Crippen molar-refractivity contribution in [1.82, 2.24) is 10.2 Å². The molecule has 110 valence electrons. The number of carbonyl (C=O) groups is 1. The third-order valence-electron chi connectivity index (χ3n) is 3.70. The van der Waals surface area contributed by atoms with E-state index in [0.29, 0.717) is 13.2 Å². The van der Waals surface area contributed by atoms with Crippen LogP contribution in [0.25, 0.3) is 0 Å². The molecule has 0 aliphatic carbocycles. The Morgan fingerprint density at radius 1 is 1.50 bits per heavy atom. The van der Waals surface area contributed by atoms with Gasteiger partial charge in [0.15, 0.2) is 0 Å². The number of methoxy groups -OCH3 is 1. The second-order valence-corrected chi connectivity index (χ2v) is 5.95. The second kappa shape index (κ2) is 7.20. The smallest absolute Gasteiger partial charge is 0.237 e. The van der Waals surface area contributed by atoms with Gasteiger partial charge in [0.25, 0.3) is 0 Å². The van der Waals surface area contributed by atoms with Gasteiger partial charge in [-0.15, -0.1) is 0 Å². The molecular weight excluding hydrogens is 320 g/mol. The summed E-state index contributed by atoms with van der Waals surface area (Å²) >= 11 is 3.58. The molecule has 4 nitrogen and oxygen atoms in total. The number of carbonyl (C=O) groups excluding carboxylic acids is 1. The average Bonchev–Trinajstić information content (AvgIpc) is 2.88. The summed E-state index contributed by atoms with van der Waals surface area (Å²) in [4.78, 5) is 14.3. The highest BCUT2D eigenvalue weighted by Gasteiger charge is 2.28. The van der Waals surface area contributed by atoms with Gasteiger partial charge in [0, 0.05) is 37.8 Å². The fraction of sp³-hybridized carbons (Fsp3) is 0.533. The van der Waals surface area contributed by atoms with Crippen LogP contribution in [0.15, 0.2) is 22.7 Å². The summed E-state index contributed by atoms with van der Waals surface area (Å²) in [7, 11) is 1.67. The first-order valence-corrected chi connectivity index (χ1v) is 7.69. The number of ether oxygens (including phenoxy) is 1. The largest absolute Gasteiger partial charge is 0.385 e. The van der Waals surface area contributed by atoms with Gasteiger partial charge in [0.2, 0.25) is 5.91 Å². The van der Waals surface area contributed by atoms with Gasteiger partial charge in [-0.2, -0.15) is 0 Å². The van der Waals surface area contributed by atoms with Crippen LogP contribution in [0.3, 0.4) is 0 Å². The van der Waals surface area contributed by atoms with Crippen molar-refractivity contribution in [3.8, 4) is 0 Å². The fourth-order valence-corrected chi connectivity index (χ4v) is 2.95. The molecule has 0 spiro atoms. The standard InChI is InChI=1S/C15H21BrN2O2/c1-11(15(19)17-7-4-8-20-2)18-9-12-5-3-6-14(16)13(12)10-18/h3,5-6,11H,4,7-10H2,1-2H3,(H,17,19). The molecule has 1 N–H and O–H groups in total. The summed E-state index contributed by atoms with van der Waals surface area (Å²) in [5.74, 6) is 0.0880. The fourth-order valence-electron chi connectivity index (χ4n) is 2.42. The Bertz CT molecular complexity index is 479. The number of amides is 1. The lowest BCUT2D eigenvalue weighted by molar-refractivity contribution is -0.126. The molecule has 0 aromatic heterocycles. The van der Waals surface area contributed by atoms with Gasteiger partial charge in [0.05, 0.1) is 6.04 Å². The molecule has 20 heavy (non-hydrogen) atoms. The van der Waals surface area contributed by atoms with E-state index in [9.17, 15) is 4.79 Å². The molecule has 1 aliphatic rings. The highest BCUT2D eigenvalue weighted by Crippen LogP contribution is 2.30. The van der Waals surface area contributed by atoms with Crippen LogP contribution in [0, 0.1) is 0 Å². The van der Waals surface area contributed by atoms with Crippen LogP contribution in [0.5, 0.6) is 0 Å². The summed E-state index contributed by atoms with van der Waals surface area (Å²) in [6.45, 7) is 4.97. The third kappa shape index (κ3) is 3.59. The van der Waals surface area contributed by atoms with E-state index in [1.165, 1.54) is 11.1 Å². The predicted octanol–water partition coefficient (Wildman–Crippen LogP) is 2.31. The maximum Gasteiger partial charge on any atom is 0.237 e. The number of nitrogens with one attached hydrogen (secondary N) is 1. The maximum absolute atomic E-state index is 12.1. The molecule has 0 radical (unpaired) electrons. The van der Waals surface area contributed by atoms with Crippen molar-refractivity contribution >= 4 is 21.8 Å².